The van der Waals surface area contributed by atoms with Gasteiger partial charge >= 0.3 is 0 Å². The summed E-state index contributed by atoms with van der Waals surface area (Å²) in [6.45, 7) is 0.983. The molecule has 1 aliphatic heterocycles. The van der Waals surface area contributed by atoms with Gasteiger partial charge in [0.2, 0.25) is 10.0 Å². The predicted molar refractivity (Wildman–Crippen MR) is 109 cm³/mol. The Kier molecular flexibility index (Phi) is 5.43. The van der Waals surface area contributed by atoms with E-state index in [1.165, 1.54) is 0 Å². The van der Waals surface area contributed by atoms with Gasteiger partial charge in [0.1, 0.15) is 10.8 Å². The van der Waals surface area contributed by atoms with Crippen LogP contribution in [0, 0.1) is 0 Å². The third-order valence-corrected chi connectivity index (χ3v) is 7.99. The number of benzene rings is 2. The maximum Gasteiger partial charge on any atom is 0.243 e. The van der Waals surface area contributed by atoms with Crippen LogP contribution in [-0.4, -0.2) is 43.1 Å². The number of nitrogens with zero attached hydrogens (tertiary/aromatic N) is 3. The van der Waals surface area contributed by atoms with Crippen molar-refractivity contribution in [3.05, 3.63) is 59.6 Å². The molecule has 0 spiro atoms. The summed E-state index contributed by atoms with van der Waals surface area (Å²) in [6.07, 6.45) is 1.49. The zero-order chi connectivity index (χ0) is 19.6. The number of hydrogen-bond donors (Lipinski definition) is 0. The van der Waals surface area contributed by atoms with Gasteiger partial charge in [-0.2, -0.15) is 4.31 Å². The average molecular weight is 416 g/mol. The second-order valence-corrected chi connectivity index (χ2v) is 9.58. The zero-order valence-electron chi connectivity index (χ0n) is 15.5. The van der Waals surface area contributed by atoms with Crippen LogP contribution in [0.5, 0.6) is 5.75 Å². The first kappa shape index (κ1) is 19.0. The highest BCUT2D eigenvalue weighted by Gasteiger charge is 2.31. The minimum Gasteiger partial charge on any atom is -0.496 e. The van der Waals surface area contributed by atoms with Crippen LogP contribution in [0.2, 0.25) is 0 Å². The van der Waals surface area contributed by atoms with E-state index in [2.05, 4.69) is 10.2 Å². The lowest BCUT2D eigenvalue weighted by Crippen LogP contribution is -2.37. The van der Waals surface area contributed by atoms with Gasteiger partial charge in [-0.3, -0.25) is 0 Å². The number of rotatable bonds is 5. The first-order chi connectivity index (χ1) is 13.6. The number of sulfonamides is 1. The van der Waals surface area contributed by atoms with Gasteiger partial charge in [-0.15, -0.1) is 10.2 Å². The van der Waals surface area contributed by atoms with Crippen LogP contribution < -0.4 is 4.74 Å². The Labute approximate surface area is 168 Å². The highest BCUT2D eigenvalue weighted by Crippen LogP contribution is 2.37. The summed E-state index contributed by atoms with van der Waals surface area (Å²) < 4.78 is 32.5. The van der Waals surface area contributed by atoms with E-state index in [-0.39, 0.29) is 5.92 Å². The largest absolute Gasteiger partial charge is 0.496 e. The van der Waals surface area contributed by atoms with Crippen molar-refractivity contribution in [3.63, 3.8) is 0 Å². The normalized spacial score (nSPS) is 16.2. The molecule has 0 atom stereocenters. The number of para-hydroxylation sites is 1. The Balaban J connectivity index is 1.47. The van der Waals surface area contributed by atoms with Crippen molar-refractivity contribution in [2.24, 2.45) is 0 Å². The van der Waals surface area contributed by atoms with Crippen molar-refractivity contribution in [1.29, 1.82) is 0 Å². The molecule has 146 valence electrons. The van der Waals surface area contributed by atoms with Crippen LogP contribution in [0.15, 0.2) is 59.5 Å². The number of hydrogen-bond acceptors (Lipinski definition) is 6. The highest BCUT2D eigenvalue weighted by atomic mass is 32.2. The van der Waals surface area contributed by atoms with E-state index in [1.807, 2.05) is 30.3 Å². The Bertz CT molecular complexity index is 1040. The van der Waals surface area contributed by atoms with Gasteiger partial charge in [-0.25, -0.2) is 8.42 Å². The summed E-state index contributed by atoms with van der Waals surface area (Å²) in [5, 5.41) is 10.5. The zero-order valence-corrected chi connectivity index (χ0v) is 17.1. The predicted octanol–water partition coefficient (Wildman–Crippen LogP) is 3.78. The van der Waals surface area contributed by atoms with Crippen LogP contribution >= 0.6 is 11.3 Å². The minimum absolute atomic E-state index is 0.225. The van der Waals surface area contributed by atoms with E-state index in [1.54, 1.807) is 47.0 Å². The van der Waals surface area contributed by atoms with Gasteiger partial charge in [-0.1, -0.05) is 41.7 Å². The Morgan fingerprint density at radius 3 is 2.39 bits per heavy atom. The smallest absolute Gasteiger partial charge is 0.243 e. The Hall–Kier alpha value is -2.29. The SMILES string of the molecule is COc1ccccc1-c1nnc(C2CCN(S(=O)(=O)c3ccccc3)CC2)s1. The van der Waals surface area contributed by atoms with E-state index in [9.17, 15) is 8.42 Å². The van der Waals surface area contributed by atoms with E-state index in [0.29, 0.717) is 18.0 Å². The summed E-state index contributed by atoms with van der Waals surface area (Å²) in [6, 6.07) is 16.4. The summed E-state index contributed by atoms with van der Waals surface area (Å²) >= 11 is 1.56. The summed E-state index contributed by atoms with van der Waals surface area (Å²) in [4.78, 5) is 0.350. The molecule has 1 aromatic heterocycles. The number of ether oxygens (including phenoxy) is 1. The summed E-state index contributed by atoms with van der Waals surface area (Å²) in [5.41, 5.74) is 0.929. The van der Waals surface area contributed by atoms with Crippen molar-refractivity contribution in [2.45, 2.75) is 23.7 Å². The van der Waals surface area contributed by atoms with Gasteiger partial charge in [-0.05, 0) is 37.1 Å². The molecule has 8 heteroatoms. The summed E-state index contributed by atoms with van der Waals surface area (Å²) in [7, 11) is -1.79. The van der Waals surface area contributed by atoms with Crippen LogP contribution in [-0.2, 0) is 10.0 Å². The molecular weight excluding hydrogens is 394 g/mol. The maximum absolute atomic E-state index is 12.8. The topological polar surface area (TPSA) is 72.4 Å². The second kappa shape index (κ2) is 7.98. The van der Waals surface area contributed by atoms with E-state index < -0.39 is 10.0 Å². The van der Waals surface area contributed by atoms with Crippen molar-refractivity contribution in [1.82, 2.24) is 14.5 Å². The molecule has 0 radical (unpaired) electrons. The van der Waals surface area contributed by atoms with Gasteiger partial charge < -0.3 is 4.74 Å². The van der Waals surface area contributed by atoms with Crippen molar-refractivity contribution < 1.29 is 13.2 Å². The number of piperidine rings is 1. The molecular formula is C20H21N3O3S2. The van der Waals surface area contributed by atoms with Crippen LogP contribution in [0.25, 0.3) is 10.6 Å². The van der Waals surface area contributed by atoms with Crippen molar-refractivity contribution in [3.8, 4) is 16.3 Å². The quantitative estimate of drug-likeness (QED) is 0.634. The molecule has 1 aliphatic rings. The molecule has 4 rings (SSSR count). The standard InChI is InChI=1S/C20H21N3O3S2/c1-26-18-10-6-5-9-17(18)20-22-21-19(27-20)15-11-13-23(14-12-15)28(24,25)16-7-3-2-4-8-16/h2-10,15H,11-14H2,1H3. The fraction of sp³-hybridized carbons (Fsp3) is 0.300. The molecule has 0 saturated carbocycles. The lowest BCUT2D eigenvalue weighted by Gasteiger charge is -2.30. The molecule has 1 saturated heterocycles. The monoisotopic (exact) mass is 415 g/mol. The molecule has 0 N–H and O–H groups in total. The molecule has 0 aliphatic carbocycles. The van der Waals surface area contributed by atoms with E-state index in [4.69, 9.17) is 4.74 Å². The van der Waals surface area contributed by atoms with E-state index >= 15 is 0 Å². The molecule has 6 nitrogen and oxygen atoms in total. The van der Waals surface area contributed by atoms with Gasteiger partial charge in [0.15, 0.2) is 5.01 Å². The fourth-order valence-electron chi connectivity index (χ4n) is 3.41. The van der Waals surface area contributed by atoms with Gasteiger partial charge in [0.25, 0.3) is 0 Å². The maximum atomic E-state index is 12.8. The van der Waals surface area contributed by atoms with Gasteiger partial charge in [0.05, 0.1) is 17.6 Å². The van der Waals surface area contributed by atoms with Crippen molar-refractivity contribution in [2.75, 3.05) is 20.2 Å². The Morgan fingerprint density at radius 1 is 1.00 bits per heavy atom. The molecule has 2 heterocycles. The summed E-state index contributed by atoms with van der Waals surface area (Å²) in [5.74, 6) is 0.997. The first-order valence-corrected chi connectivity index (χ1v) is 11.4. The Morgan fingerprint density at radius 2 is 1.68 bits per heavy atom. The lowest BCUT2D eigenvalue weighted by atomic mass is 9.99. The number of methoxy groups -OCH3 is 1. The molecule has 28 heavy (non-hydrogen) atoms. The lowest BCUT2D eigenvalue weighted by molar-refractivity contribution is 0.318. The third-order valence-electron chi connectivity index (χ3n) is 4.96. The van der Waals surface area contributed by atoms with Crippen LogP contribution in [0.4, 0.5) is 0 Å². The number of aromatic nitrogens is 2. The molecule has 3 aromatic rings. The fourth-order valence-corrected chi connectivity index (χ4v) is 5.95. The second-order valence-electron chi connectivity index (χ2n) is 6.64. The van der Waals surface area contributed by atoms with Gasteiger partial charge in [0, 0.05) is 19.0 Å². The average Bonchev–Trinajstić information content (AvgIpc) is 3.24. The third kappa shape index (κ3) is 3.67. The first-order valence-electron chi connectivity index (χ1n) is 9.11. The van der Waals surface area contributed by atoms with Crippen molar-refractivity contribution >= 4 is 21.4 Å². The molecule has 1 fully saturated rings. The van der Waals surface area contributed by atoms with E-state index in [0.717, 1.165) is 34.2 Å². The molecule has 0 amide bonds. The molecule has 2 aromatic carbocycles. The van der Waals surface area contributed by atoms with Crippen LogP contribution in [0.1, 0.15) is 23.8 Å². The van der Waals surface area contributed by atoms with Crippen LogP contribution in [0.3, 0.4) is 0 Å². The highest BCUT2D eigenvalue weighted by molar-refractivity contribution is 7.89. The minimum atomic E-state index is -3.43. The molecule has 0 bridgehead atoms. The molecule has 0 unspecified atom stereocenters.